The molecule has 1 aliphatic rings. The SMILES string of the molecule is NCC1(CC(=O)NCCc2cccc(F)c2)CCCCC1. The van der Waals surface area contributed by atoms with Gasteiger partial charge in [-0.25, -0.2) is 4.39 Å². The predicted octanol–water partition coefficient (Wildman–Crippen LogP) is 2.78. The third-order valence-electron chi connectivity index (χ3n) is 4.51. The van der Waals surface area contributed by atoms with E-state index in [4.69, 9.17) is 5.73 Å². The van der Waals surface area contributed by atoms with E-state index >= 15 is 0 Å². The van der Waals surface area contributed by atoms with E-state index < -0.39 is 0 Å². The first-order valence-corrected chi connectivity index (χ1v) is 7.85. The summed E-state index contributed by atoms with van der Waals surface area (Å²) in [6.07, 6.45) is 6.89. The van der Waals surface area contributed by atoms with Crippen molar-refractivity contribution in [3.8, 4) is 0 Å². The molecule has 0 spiro atoms. The third-order valence-corrected chi connectivity index (χ3v) is 4.51. The van der Waals surface area contributed by atoms with Crippen LogP contribution in [0, 0.1) is 11.2 Å². The maximum absolute atomic E-state index is 13.1. The number of nitrogens with two attached hydrogens (primary N) is 1. The van der Waals surface area contributed by atoms with Crippen LogP contribution < -0.4 is 11.1 Å². The Kier molecular flexibility index (Phi) is 5.74. The topological polar surface area (TPSA) is 55.1 Å². The maximum atomic E-state index is 13.1. The second-order valence-corrected chi connectivity index (χ2v) is 6.17. The summed E-state index contributed by atoms with van der Waals surface area (Å²) < 4.78 is 13.1. The largest absolute Gasteiger partial charge is 0.356 e. The Labute approximate surface area is 126 Å². The molecule has 4 heteroatoms. The van der Waals surface area contributed by atoms with E-state index in [1.807, 2.05) is 6.07 Å². The predicted molar refractivity (Wildman–Crippen MR) is 82.3 cm³/mol. The molecule has 1 aliphatic carbocycles. The van der Waals surface area contributed by atoms with Crippen LogP contribution in [0.5, 0.6) is 0 Å². The summed E-state index contributed by atoms with van der Waals surface area (Å²) in [6.45, 7) is 1.13. The summed E-state index contributed by atoms with van der Waals surface area (Å²) in [6, 6.07) is 6.50. The van der Waals surface area contributed by atoms with E-state index in [9.17, 15) is 9.18 Å². The van der Waals surface area contributed by atoms with Crippen molar-refractivity contribution < 1.29 is 9.18 Å². The van der Waals surface area contributed by atoms with Crippen molar-refractivity contribution in [2.45, 2.75) is 44.9 Å². The van der Waals surface area contributed by atoms with E-state index in [0.29, 0.717) is 25.9 Å². The molecule has 1 aromatic carbocycles. The highest BCUT2D eigenvalue weighted by molar-refractivity contribution is 5.76. The molecule has 2 rings (SSSR count). The molecule has 0 bridgehead atoms. The molecule has 1 aromatic rings. The van der Waals surface area contributed by atoms with Crippen molar-refractivity contribution in [3.63, 3.8) is 0 Å². The van der Waals surface area contributed by atoms with Crippen LogP contribution >= 0.6 is 0 Å². The van der Waals surface area contributed by atoms with Gasteiger partial charge in [0.25, 0.3) is 0 Å². The van der Waals surface area contributed by atoms with Crippen LogP contribution in [-0.2, 0) is 11.2 Å². The number of rotatable bonds is 6. The van der Waals surface area contributed by atoms with Gasteiger partial charge in [0, 0.05) is 13.0 Å². The van der Waals surface area contributed by atoms with Gasteiger partial charge in [-0.3, -0.25) is 4.79 Å². The molecular weight excluding hydrogens is 267 g/mol. The first-order chi connectivity index (χ1) is 10.1. The van der Waals surface area contributed by atoms with Crippen LogP contribution in [0.2, 0.25) is 0 Å². The second-order valence-electron chi connectivity index (χ2n) is 6.17. The quantitative estimate of drug-likeness (QED) is 0.847. The number of carbonyl (C=O) groups excluding carboxylic acids is 1. The first kappa shape index (κ1) is 16.0. The highest BCUT2D eigenvalue weighted by atomic mass is 19.1. The van der Waals surface area contributed by atoms with E-state index in [-0.39, 0.29) is 17.1 Å². The smallest absolute Gasteiger partial charge is 0.220 e. The van der Waals surface area contributed by atoms with E-state index in [0.717, 1.165) is 18.4 Å². The Morgan fingerprint density at radius 3 is 2.71 bits per heavy atom. The molecule has 1 saturated carbocycles. The zero-order chi connectivity index (χ0) is 15.1. The zero-order valence-corrected chi connectivity index (χ0v) is 12.5. The van der Waals surface area contributed by atoms with Crippen molar-refractivity contribution in [2.75, 3.05) is 13.1 Å². The van der Waals surface area contributed by atoms with Crippen LogP contribution in [0.1, 0.15) is 44.1 Å². The lowest BCUT2D eigenvalue weighted by molar-refractivity contribution is -0.123. The normalized spacial score (nSPS) is 17.4. The minimum Gasteiger partial charge on any atom is -0.356 e. The van der Waals surface area contributed by atoms with Crippen molar-refractivity contribution in [1.82, 2.24) is 5.32 Å². The Morgan fingerprint density at radius 1 is 1.29 bits per heavy atom. The molecule has 0 aliphatic heterocycles. The standard InChI is InChI=1S/C17H25FN2O/c18-15-6-4-5-14(11-15)7-10-20-16(21)12-17(13-19)8-2-1-3-9-17/h4-6,11H,1-3,7-10,12-13,19H2,(H,20,21). The van der Waals surface area contributed by atoms with Crippen LogP contribution in [0.3, 0.4) is 0 Å². The third kappa shape index (κ3) is 4.81. The summed E-state index contributed by atoms with van der Waals surface area (Å²) >= 11 is 0. The average Bonchev–Trinajstić information content (AvgIpc) is 2.48. The molecule has 21 heavy (non-hydrogen) atoms. The van der Waals surface area contributed by atoms with Gasteiger partial charge in [0.15, 0.2) is 0 Å². The van der Waals surface area contributed by atoms with Gasteiger partial charge in [-0.2, -0.15) is 0 Å². The van der Waals surface area contributed by atoms with Crippen molar-refractivity contribution in [3.05, 3.63) is 35.6 Å². The van der Waals surface area contributed by atoms with Crippen LogP contribution in [0.4, 0.5) is 4.39 Å². The molecule has 3 N–H and O–H groups in total. The highest BCUT2D eigenvalue weighted by Gasteiger charge is 2.32. The van der Waals surface area contributed by atoms with E-state index in [1.54, 1.807) is 6.07 Å². The summed E-state index contributed by atoms with van der Waals surface area (Å²) in [7, 11) is 0. The molecule has 0 saturated heterocycles. The fourth-order valence-electron chi connectivity index (χ4n) is 3.20. The minimum absolute atomic E-state index is 0.00118. The maximum Gasteiger partial charge on any atom is 0.220 e. The van der Waals surface area contributed by atoms with Crippen LogP contribution in [0.25, 0.3) is 0 Å². The highest BCUT2D eigenvalue weighted by Crippen LogP contribution is 2.38. The van der Waals surface area contributed by atoms with Crippen molar-refractivity contribution in [2.24, 2.45) is 11.1 Å². The lowest BCUT2D eigenvalue weighted by Crippen LogP contribution is -2.39. The van der Waals surface area contributed by atoms with E-state index in [1.165, 1.54) is 31.4 Å². The summed E-state index contributed by atoms with van der Waals surface area (Å²) in [5, 5.41) is 2.94. The van der Waals surface area contributed by atoms with Gasteiger partial charge in [-0.05, 0) is 48.9 Å². The zero-order valence-electron chi connectivity index (χ0n) is 12.5. The number of benzene rings is 1. The number of hydrogen-bond acceptors (Lipinski definition) is 2. The van der Waals surface area contributed by atoms with E-state index in [2.05, 4.69) is 5.32 Å². The molecule has 116 valence electrons. The minimum atomic E-state index is -0.233. The van der Waals surface area contributed by atoms with Gasteiger partial charge in [0.05, 0.1) is 0 Å². The van der Waals surface area contributed by atoms with Crippen LogP contribution in [0.15, 0.2) is 24.3 Å². The molecule has 0 atom stereocenters. The number of nitrogens with one attached hydrogen (secondary N) is 1. The van der Waals surface area contributed by atoms with Crippen molar-refractivity contribution in [1.29, 1.82) is 0 Å². The van der Waals surface area contributed by atoms with Gasteiger partial charge in [0.1, 0.15) is 5.82 Å². The number of amides is 1. The Hall–Kier alpha value is -1.42. The summed E-state index contributed by atoms with van der Waals surface area (Å²) in [4.78, 5) is 12.1. The average molecular weight is 292 g/mol. The molecule has 0 aromatic heterocycles. The lowest BCUT2D eigenvalue weighted by atomic mass is 9.71. The molecule has 0 heterocycles. The first-order valence-electron chi connectivity index (χ1n) is 7.85. The van der Waals surface area contributed by atoms with Gasteiger partial charge in [-0.1, -0.05) is 31.4 Å². The summed E-state index contributed by atoms with van der Waals surface area (Å²) in [5.41, 5.74) is 6.81. The number of halogens is 1. The Morgan fingerprint density at radius 2 is 2.05 bits per heavy atom. The van der Waals surface area contributed by atoms with Crippen molar-refractivity contribution >= 4 is 5.91 Å². The molecule has 3 nitrogen and oxygen atoms in total. The second kappa shape index (κ2) is 7.55. The fraction of sp³-hybridized carbons (Fsp3) is 0.588. The van der Waals surface area contributed by atoms with Gasteiger partial charge in [0.2, 0.25) is 5.91 Å². The van der Waals surface area contributed by atoms with Gasteiger partial charge in [-0.15, -0.1) is 0 Å². The molecule has 0 unspecified atom stereocenters. The van der Waals surface area contributed by atoms with Gasteiger partial charge >= 0.3 is 0 Å². The molecule has 1 amide bonds. The monoisotopic (exact) mass is 292 g/mol. The molecule has 1 fully saturated rings. The van der Waals surface area contributed by atoms with Crippen LogP contribution in [-0.4, -0.2) is 19.0 Å². The van der Waals surface area contributed by atoms with Gasteiger partial charge < -0.3 is 11.1 Å². The Balaban J connectivity index is 1.76. The Bertz CT molecular complexity index is 470. The molecule has 0 radical (unpaired) electrons. The lowest BCUT2D eigenvalue weighted by Gasteiger charge is -2.35. The molecular formula is C17H25FN2O. The number of hydrogen-bond donors (Lipinski definition) is 2. The fourth-order valence-corrected chi connectivity index (χ4v) is 3.20. The number of carbonyl (C=O) groups is 1. The summed E-state index contributed by atoms with van der Waals surface area (Å²) in [5.74, 6) is -0.165.